The summed E-state index contributed by atoms with van der Waals surface area (Å²) in [6, 6.07) is 34.9. The van der Waals surface area contributed by atoms with E-state index in [1.807, 2.05) is 85.8 Å². The molecule has 0 N–H and O–H groups in total. The summed E-state index contributed by atoms with van der Waals surface area (Å²) in [6.45, 7) is 2.47. The van der Waals surface area contributed by atoms with E-state index in [1.54, 1.807) is 16.4 Å². The topological polar surface area (TPSA) is 42.3 Å². The predicted octanol–water partition coefficient (Wildman–Crippen LogP) is 6.57. The van der Waals surface area contributed by atoms with Crippen LogP contribution in [0.25, 0.3) is 22.2 Å². The average Bonchev–Trinajstić information content (AvgIpc) is 3.15. The zero-order chi connectivity index (χ0) is 23.3. The Morgan fingerprint density at radius 1 is 0.765 bits per heavy atom. The minimum atomic E-state index is -3.84. The largest absolute Gasteiger partial charge is 0.338 e. The Hall–Kier alpha value is -3.83. The number of para-hydroxylation sites is 2. The summed E-state index contributed by atoms with van der Waals surface area (Å²) in [4.78, 5) is 0.297. The highest BCUT2D eigenvalue weighted by molar-refractivity contribution is 7.92. The summed E-state index contributed by atoms with van der Waals surface area (Å²) in [5.74, 6) is 0. The van der Waals surface area contributed by atoms with E-state index in [1.165, 1.54) is 0 Å². The first-order valence-electron chi connectivity index (χ1n) is 11.4. The van der Waals surface area contributed by atoms with Crippen LogP contribution >= 0.6 is 0 Å². The number of rotatable bonds is 3. The highest BCUT2D eigenvalue weighted by atomic mass is 32.2. The summed E-state index contributed by atoms with van der Waals surface area (Å²) in [7, 11) is -3.84. The molecule has 168 valence electrons. The minimum Gasteiger partial charge on any atom is -0.338 e. The molecule has 0 saturated heterocycles. The second kappa shape index (κ2) is 7.89. The third kappa shape index (κ3) is 3.24. The highest BCUT2D eigenvalue weighted by Gasteiger charge is 2.37. The number of nitrogens with zero attached hydrogens (tertiary/aromatic N) is 2. The van der Waals surface area contributed by atoms with Gasteiger partial charge in [0.25, 0.3) is 10.0 Å². The Morgan fingerprint density at radius 2 is 1.44 bits per heavy atom. The molecule has 2 heterocycles. The molecule has 1 aliphatic heterocycles. The van der Waals surface area contributed by atoms with E-state index in [4.69, 9.17) is 0 Å². The molecule has 1 aliphatic rings. The Bertz CT molecular complexity index is 1600. The molecule has 1 atom stereocenters. The van der Waals surface area contributed by atoms with E-state index in [0.29, 0.717) is 17.1 Å². The number of hydrogen-bond acceptors (Lipinski definition) is 2. The molecular formula is C29H24N2O2S. The van der Waals surface area contributed by atoms with Crippen LogP contribution in [0.5, 0.6) is 0 Å². The van der Waals surface area contributed by atoms with Gasteiger partial charge in [0.05, 0.1) is 22.3 Å². The van der Waals surface area contributed by atoms with Crippen molar-refractivity contribution in [3.05, 3.63) is 120 Å². The number of hydrogen-bond donors (Lipinski definition) is 0. The first-order chi connectivity index (χ1) is 16.5. The van der Waals surface area contributed by atoms with E-state index >= 15 is 0 Å². The third-order valence-electron chi connectivity index (χ3n) is 6.63. The van der Waals surface area contributed by atoms with Gasteiger partial charge in [-0.15, -0.1) is 0 Å². The maximum atomic E-state index is 14.3. The SMILES string of the molecule is Cc1ccc(S(=O)(=O)N2c3ccccc3-c3cc4ccccc4n3CC2c2ccccc2)cc1. The van der Waals surface area contributed by atoms with Crippen LogP contribution in [0.2, 0.25) is 0 Å². The Balaban J connectivity index is 1.67. The summed E-state index contributed by atoms with van der Waals surface area (Å²) < 4.78 is 32.4. The van der Waals surface area contributed by atoms with Crippen molar-refractivity contribution in [1.29, 1.82) is 0 Å². The Labute approximate surface area is 199 Å². The second-order valence-electron chi connectivity index (χ2n) is 8.76. The van der Waals surface area contributed by atoms with Crippen molar-refractivity contribution in [2.24, 2.45) is 0 Å². The zero-order valence-corrected chi connectivity index (χ0v) is 19.6. The molecule has 34 heavy (non-hydrogen) atoms. The van der Waals surface area contributed by atoms with Gasteiger partial charge in [-0.2, -0.15) is 0 Å². The number of sulfonamides is 1. The summed E-state index contributed by atoms with van der Waals surface area (Å²) in [5.41, 5.74) is 5.71. The maximum absolute atomic E-state index is 14.3. The monoisotopic (exact) mass is 464 g/mol. The Kier molecular flexibility index (Phi) is 4.82. The lowest BCUT2D eigenvalue weighted by Gasteiger charge is -2.32. The molecule has 5 aromatic rings. The molecule has 0 saturated carbocycles. The van der Waals surface area contributed by atoms with Crippen molar-refractivity contribution in [2.45, 2.75) is 24.4 Å². The molecular weight excluding hydrogens is 440 g/mol. The second-order valence-corrected chi connectivity index (χ2v) is 10.6. The van der Waals surface area contributed by atoms with E-state index in [9.17, 15) is 8.42 Å². The summed E-state index contributed by atoms with van der Waals surface area (Å²) in [5, 5.41) is 1.15. The fourth-order valence-electron chi connectivity index (χ4n) is 4.96. The standard InChI is InChI=1S/C29H24N2O2S/c1-21-15-17-24(18-16-21)34(32,33)31-27-14-8-6-12-25(27)28-19-23-11-5-7-13-26(23)30(28)20-29(31)22-9-3-2-4-10-22/h2-19,29H,20H2,1H3. The molecule has 0 bridgehead atoms. The molecule has 5 heteroatoms. The van der Waals surface area contributed by atoms with E-state index in [-0.39, 0.29) is 0 Å². The number of fused-ring (bicyclic) bond motifs is 5. The number of anilines is 1. The van der Waals surface area contributed by atoms with E-state index in [2.05, 4.69) is 22.8 Å². The molecule has 0 radical (unpaired) electrons. The third-order valence-corrected chi connectivity index (χ3v) is 8.47. The quantitative estimate of drug-likeness (QED) is 0.303. The van der Waals surface area contributed by atoms with Gasteiger partial charge in [0.1, 0.15) is 0 Å². The van der Waals surface area contributed by atoms with Gasteiger partial charge >= 0.3 is 0 Å². The van der Waals surface area contributed by atoms with Gasteiger partial charge in [-0.25, -0.2) is 8.42 Å². The van der Waals surface area contributed by atoms with Crippen LogP contribution in [0.15, 0.2) is 114 Å². The average molecular weight is 465 g/mol. The van der Waals surface area contributed by atoms with Crippen LogP contribution in [0, 0.1) is 6.92 Å². The molecule has 0 fully saturated rings. The molecule has 0 spiro atoms. The van der Waals surface area contributed by atoms with Crippen molar-refractivity contribution in [3.63, 3.8) is 0 Å². The van der Waals surface area contributed by atoms with Crippen LogP contribution in [-0.4, -0.2) is 13.0 Å². The normalized spacial score (nSPS) is 15.6. The fourth-order valence-corrected chi connectivity index (χ4v) is 6.61. The van der Waals surface area contributed by atoms with Gasteiger partial charge in [-0.05, 0) is 42.8 Å². The van der Waals surface area contributed by atoms with Crippen LogP contribution in [0.1, 0.15) is 17.2 Å². The molecule has 0 amide bonds. The molecule has 4 aromatic carbocycles. The molecule has 1 unspecified atom stereocenters. The number of aromatic nitrogens is 1. The molecule has 0 aliphatic carbocycles. The van der Waals surface area contributed by atoms with Gasteiger partial charge < -0.3 is 4.57 Å². The summed E-state index contributed by atoms with van der Waals surface area (Å²) in [6.07, 6.45) is 0. The molecule has 4 nitrogen and oxygen atoms in total. The lowest BCUT2D eigenvalue weighted by Crippen LogP contribution is -2.36. The van der Waals surface area contributed by atoms with Crippen molar-refractivity contribution >= 4 is 26.6 Å². The van der Waals surface area contributed by atoms with Crippen LogP contribution in [0.4, 0.5) is 5.69 Å². The van der Waals surface area contributed by atoms with Gasteiger partial charge in [-0.1, -0.05) is 84.4 Å². The lowest BCUT2D eigenvalue weighted by atomic mass is 10.1. The van der Waals surface area contributed by atoms with E-state index in [0.717, 1.165) is 33.3 Å². The summed E-state index contributed by atoms with van der Waals surface area (Å²) >= 11 is 0. The smallest absolute Gasteiger partial charge is 0.264 e. The van der Waals surface area contributed by atoms with Crippen molar-refractivity contribution in [3.8, 4) is 11.3 Å². The lowest BCUT2D eigenvalue weighted by molar-refractivity contribution is 0.555. The molecule has 1 aromatic heterocycles. The van der Waals surface area contributed by atoms with Gasteiger partial charge in [0.2, 0.25) is 0 Å². The zero-order valence-electron chi connectivity index (χ0n) is 18.8. The van der Waals surface area contributed by atoms with Gasteiger partial charge in [0.15, 0.2) is 0 Å². The Morgan fingerprint density at radius 3 is 2.24 bits per heavy atom. The minimum absolute atomic E-state index is 0.297. The van der Waals surface area contributed by atoms with Crippen LogP contribution < -0.4 is 4.31 Å². The van der Waals surface area contributed by atoms with Crippen LogP contribution in [-0.2, 0) is 16.6 Å². The van der Waals surface area contributed by atoms with Gasteiger partial charge in [-0.3, -0.25) is 4.31 Å². The number of benzene rings is 4. The fraction of sp³-hybridized carbons (Fsp3) is 0.103. The van der Waals surface area contributed by atoms with E-state index < -0.39 is 16.1 Å². The van der Waals surface area contributed by atoms with Crippen molar-refractivity contribution in [2.75, 3.05) is 4.31 Å². The first-order valence-corrected chi connectivity index (χ1v) is 12.8. The van der Waals surface area contributed by atoms with Crippen molar-refractivity contribution < 1.29 is 8.42 Å². The first kappa shape index (κ1) is 20.8. The highest BCUT2D eigenvalue weighted by Crippen LogP contribution is 2.45. The van der Waals surface area contributed by atoms with Crippen molar-refractivity contribution in [1.82, 2.24) is 4.57 Å². The maximum Gasteiger partial charge on any atom is 0.264 e. The predicted molar refractivity (Wildman–Crippen MR) is 137 cm³/mol. The molecule has 6 rings (SSSR count). The van der Waals surface area contributed by atoms with Gasteiger partial charge in [0, 0.05) is 23.0 Å². The number of aryl methyl sites for hydroxylation is 1. The van der Waals surface area contributed by atoms with Crippen LogP contribution in [0.3, 0.4) is 0 Å².